The lowest BCUT2D eigenvalue weighted by Crippen LogP contribution is -2.48. The van der Waals surface area contributed by atoms with Gasteiger partial charge in [-0.1, -0.05) is 63.5 Å². The molecule has 2 aliphatic heterocycles. The highest BCUT2D eigenvalue weighted by Crippen LogP contribution is 2.36. The summed E-state index contributed by atoms with van der Waals surface area (Å²) in [7, 11) is 0. The van der Waals surface area contributed by atoms with Crippen LogP contribution in [0.1, 0.15) is 69.1 Å². The zero-order valence-corrected chi connectivity index (χ0v) is 25.8. The van der Waals surface area contributed by atoms with Gasteiger partial charge >= 0.3 is 0 Å². The van der Waals surface area contributed by atoms with Gasteiger partial charge in [0, 0.05) is 50.5 Å². The Morgan fingerprint density at radius 1 is 0.976 bits per heavy atom. The second-order valence-electron chi connectivity index (χ2n) is 10.5. The van der Waals surface area contributed by atoms with Crippen molar-refractivity contribution in [3.05, 3.63) is 62.0 Å². The van der Waals surface area contributed by atoms with Gasteiger partial charge in [-0.15, -0.1) is 0 Å². The molecule has 0 atom stereocenters. The standard InChI is InChI=1S/C31H38FN5O2S2/c1-4-6-8-9-15-37-30(39)27(41-31(37)40)20-25-22(3)26(21-33)29(38)36(14-7-5-2)28(25)35-18-16-34(17-19-35)24-12-10-23(32)11-13-24/h10-13,20H,4-9,14-19H2,1-3H3. The predicted molar refractivity (Wildman–Crippen MR) is 170 cm³/mol. The van der Waals surface area contributed by atoms with Crippen LogP contribution in [0.5, 0.6) is 0 Å². The Bertz CT molecular complexity index is 1410. The van der Waals surface area contributed by atoms with Gasteiger partial charge in [-0.2, -0.15) is 5.26 Å². The summed E-state index contributed by atoms with van der Waals surface area (Å²) in [6.07, 6.45) is 7.71. The SMILES string of the molecule is CCCCCCN1C(=O)C(=Cc2c(C)c(C#N)c(=O)n(CCCC)c2N2CCN(c3ccc(F)cc3)CC2)SC1=S. The summed E-state index contributed by atoms with van der Waals surface area (Å²) in [6.45, 7) is 9.73. The number of unbranched alkanes of at least 4 members (excludes halogenated alkanes) is 4. The van der Waals surface area contributed by atoms with Crippen molar-refractivity contribution >= 4 is 51.8 Å². The Balaban J connectivity index is 1.72. The van der Waals surface area contributed by atoms with E-state index in [1.54, 1.807) is 28.5 Å². The number of thioether (sulfide) groups is 1. The summed E-state index contributed by atoms with van der Waals surface area (Å²) in [5.41, 5.74) is 2.06. The van der Waals surface area contributed by atoms with E-state index < -0.39 is 0 Å². The quantitative estimate of drug-likeness (QED) is 0.177. The maximum absolute atomic E-state index is 13.6. The number of thiocarbonyl (C=S) groups is 1. The monoisotopic (exact) mass is 595 g/mol. The molecule has 1 aromatic heterocycles. The van der Waals surface area contributed by atoms with E-state index in [2.05, 4.69) is 29.7 Å². The average Bonchev–Trinajstić information content (AvgIpc) is 3.24. The number of benzene rings is 1. The van der Waals surface area contributed by atoms with Gasteiger partial charge in [0.25, 0.3) is 11.5 Å². The van der Waals surface area contributed by atoms with Gasteiger partial charge in [-0.3, -0.25) is 19.1 Å². The molecular weight excluding hydrogens is 558 g/mol. The van der Waals surface area contributed by atoms with Crippen LogP contribution in [0.25, 0.3) is 6.08 Å². The zero-order valence-electron chi connectivity index (χ0n) is 24.1. The largest absolute Gasteiger partial charge is 0.368 e. The van der Waals surface area contributed by atoms with Crippen LogP contribution in [0.3, 0.4) is 0 Å². The maximum Gasteiger partial charge on any atom is 0.270 e. The van der Waals surface area contributed by atoms with Crippen LogP contribution in [0.15, 0.2) is 34.0 Å². The van der Waals surface area contributed by atoms with Crippen molar-refractivity contribution in [2.45, 2.75) is 65.8 Å². The Kier molecular flexibility index (Phi) is 10.6. The van der Waals surface area contributed by atoms with Crippen LogP contribution in [-0.2, 0) is 11.3 Å². The van der Waals surface area contributed by atoms with E-state index in [1.807, 2.05) is 6.08 Å². The molecule has 2 aliphatic rings. The summed E-state index contributed by atoms with van der Waals surface area (Å²) in [4.78, 5) is 33.6. The van der Waals surface area contributed by atoms with E-state index in [4.69, 9.17) is 12.2 Å². The van der Waals surface area contributed by atoms with Crippen LogP contribution >= 0.6 is 24.0 Å². The first-order valence-corrected chi connectivity index (χ1v) is 15.7. The number of anilines is 2. The third kappa shape index (κ3) is 6.84. The van der Waals surface area contributed by atoms with Gasteiger partial charge in [0.15, 0.2) is 0 Å². The molecule has 0 aliphatic carbocycles. The molecule has 218 valence electrons. The minimum atomic E-state index is -0.296. The molecule has 0 bridgehead atoms. The maximum atomic E-state index is 13.6. The third-order valence-corrected chi connectivity index (χ3v) is 9.11. The second kappa shape index (κ2) is 14.1. The number of nitrogens with zero attached hydrogens (tertiary/aromatic N) is 5. The molecule has 2 saturated heterocycles. The van der Waals surface area contributed by atoms with Crippen LogP contribution in [0.4, 0.5) is 15.9 Å². The number of rotatable bonds is 11. The van der Waals surface area contributed by atoms with Crippen molar-refractivity contribution in [2.75, 3.05) is 42.5 Å². The number of carbonyl (C=O) groups excluding carboxylic acids is 1. The number of hydrogen-bond donors (Lipinski definition) is 0. The van der Waals surface area contributed by atoms with Gasteiger partial charge in [-0.25, -0.2) is 4.39 Å². The first-order valence-electron chi connectivity index (χ1n) is 14.5. The summed E-state index contributed by atoms with van der Waals surface area (Å²) in [6, 6.07) is 8.62. The molecule has 0 N–H and O–H groups in total. The highest BCUT2D eigenvalue weighted by molar-refractivity contribution is 8.26. The summed E-state index contributed by atoms with van der Waals surface area (Å²) < 4.78 is 15.7. The molecule has 2 fully saturated rings. The minimum Gasteiger partial charge on any atom is -0.368 e. The second-order valence-corrected chi connectivity index (χ2v) is 12.2. The molecular formula is C31H38FN5O2S2. The van der Waals surface area contributed by atoms with Crippen LogP contribution in [-0.4, -0.2) is 52.4 Å². The van der Waals surface area contributed by atoms with E-state index in [0.29, 0.717) is 54.1 Å². The highest BCUT2D eigenvalue weighted by atomic mass is 32.2. The van der Waals surface area contributed by atoms with Crippen molar-refractivity contribution in [3.63, 3.8) is 0 Å². The number of amides is 1. The van der Waals surface area contributed by atoms with E-state index in [-0.39, 0.29) is 22.8 Å². The molecule has 0 unspecified atom stereocenters. The molecule has 10 heteroatoms. The van der Waals surface area contributed by atoms with E-state index in [1.165, 1.54) is 23.9 Å². The molecule has 0 radical (unpaired) electrons. The fourth-order valence-electron chi connectivity index (χ4n) is 5.36. The Hall–Kier alpha value is -3.16. The Morgan fingerprint density at radius 2 is 1.63 bits per heavy atom. The molecule has 0 spiro atoms. The summed E-state index contributed by atoms with van der Waals surface area (Å²) >= 11 is 6.87. The molecule has 7 nitrogen and oxygen atoms in total. The molecule has 4 rings (SSSR count). The van der Waals surface area contributed by atoms with Crippen LogP contribution < -0.4 is 15.4 Å². The molecule has 0 saturated carbocycles. The topological polar surface area (TPSA) is 72.6 Å². The lowest BCUT2D eigenvalue weighted by Gasteiger charge is -2.39. The van der Waals surface area contributed by atoms with E-state index in [0.717, 1.165) is 55.6 Å². The normalized spacial score (nSPS) is 16.7. The number of aromatic nitrogens is 1. The van der Waals surface area contributed by atoms with Gasteiger partial charge in [0.05, 0.1) is 4.91 Å². The van der Waals surface area contributed by atoms with Crippen LogP contribution in [0.2, 0.25) is 0 Å². The lowest BCUT2D eigenvalue weighted by molar-refractivity contribution is -0.122. The predicted octanol–water partition coefficient (Wildman–Crippen LogP) is 6.08. The number of nitriles is 1. The van der Waals surface area contributed by atoms with Gasteiger partial charge in [-0.05, 0) is 55.7 Å². The minimum absolute atomic E-state index is 0.107. The number of hydrogen-bond acceptors (Lipinski definition) is 7. The first-order chi connectivity index (χ1) is 19.8. The van der Waals surface area contributed by atoms with E-state index in [9.17, 15) is 19.2 Å². The highest BCUT2D eigenvalue weighted by Gasteiger charge is 2.33. The molecule has 3 heterocycles. The molecule has 1 amide bonds. The molecule has 2 aromatic rings. The summed E-state index contributed by atoms with van der Waals surface area (Å²) in [5.74, 6) is 0.358. The lowest BCUT2D eigenvalue weighted by atomic mass is 10.0. The van der Waals surface area contributed by atoms with Gasteiger partial charge < -0.3 is 9.80 Å². The fourth-order valence-corrected chi connectivity index (χ4v) is 6.65. The fraction of sp³-hybridized carbons (Fsp3) is 0.484. The van der Waals surface area contributed by atoms with Gasteiger partial charge in [0.2, 0.25) is 0 Å². The number of pyridine rings is 1. The Morgan fingerprint density at radius 3 is 2.27 bits per heavy atom. The first kappa shape index (κ1) is 30.8. The van der Waals surface area contributed by atoms with Crippen molar-refractivity contribution in [1.82, 2.24) is 9.47 Å². The smallest absolute Gasteiger partial charge is 0.270 e. The van der Waals surface area contributed by atoms with Crippen molar-refractivity contribution in [1.29, 1.82) is 5.26 Å². The van der Waals surface area contributed by atoms with Crippen molar-refractivity contribution < 1.29 is 9.18 Å². The van der Waals surface area contributed by atoms with Gasteiger partial charge in [0.1, 0.15) is 27.6 Å². The van der Waals surface area contributed by atoms with Crippen molar-refractivity contribution in [2.24, 2.45) is 0 Å². The number of piperazine rings is 1. The zero-order chi connectivity index (χ0) is 29.5. The average molecular weight is 596 g/mol. The summed E-state index contributed by atoms with van der Waals surface area (Å²) in [5, 5.41) is 9.96. The molecule has 1 aromatic carbocycles. The number of carbonyl (C=O) groups is 1. The van der Waals surface area contributed by atoms with E-state index >= 15 is 0 Å². The number of halogens is 1. The van der Waals surface area contributed by atoms with Crippen LogP contribution in [0, 0.1) is 24.1 Å². The third-order valence-electron chi connectivity index (χ3n) is 7.74. The van der Waals surface area contributed by atoms with Crippen molar-refractivity contribution in [3.8, 4) is 6.07 Å². The Labute approximate surface area is 251 Å². The molecule has 41 heavy (non-hydrogen) atoms.